The molecule has 0 atom stereocenters. The lowest BCUT2D eigenvalue weighted by Gasteiger charge is -2.34. The molecule has 0 amide bonds. The Hall–Kier alpha value is -5.48. The standard InChI is InChI=1S/C40H27BN2O/c1-24-25(2)42-36-21-10-22-37-38(36)41(32-17-8-15-28(24)39(32)42)33-18-9-16-29(40(33)44-37)26-11-7-12-27(23-26)43-34-19-5-3-13-30(34)31-14-4-6-20-35(31)43/h3-23H,1-2H3. The minimum absolute atomic E-state index is 0.107. The predicted octanol–water partition coefficient (Wildman–Crippen LogP) is 7.95. The van der Waals surface area contributed by atoms with E-state index in [0.717, 1.165) is 28.3 Å². The maximum absolute atomic E-state index is 6.92. The summed E-state index contributed by atoms with van der Waals surface area (Å²) < 4.78 is 11.7. The minimum Gasteiger partial charge on any atom is -0.458 e. The van der Waals surface area contributed by atoms with Gasteiger partial charge in [-0.15, -0.1) is 0 Å². The van der Waals surface area contributed by atoms with Gasteiger partial charge in [0.2, 0.25) is 0 Å². The second kappa shape index (κ2) is 8.55. The van der Waals surface area contributed by atoms with Crippen LogP contribution in [-0.4, -0.2) is 15.8 Å². The van der Waals surface area contributed by atoms with Gasteiger partial charge in [0.15, 0.2) is 0 Å². The summed E-state index contributed by atoms with van der Waals surface area (Å²) in [5, 5.41) is 3.87. The second-order valence-electron chi connectivity index (χ2n) is 12.2. The highest BCUT2D eigenvalue weighted by molar-refractivity contribution is 6.99. The summed E-state index contributed by atoms with van der Waals surface area (Å²) in [6, 6.07) is 46.2. The Kier molecular flexibility index (Phi) is 4.67. The lowest BCUT2D eigenvalue weighted by Crippen LogP contribution is -2.58. The van der Waals surface area contributed by atoms with Crippen LogP contribution in [0.3, 0.4) is 0 Å². The maximum atomic E-state index is 6.92. The third kappa shape index (κ3) is 2.97. The molecule has 0 radical (unpaired) electrons. The Bertz CT molecular complexity index is 2460. The summed E-state index contributed by atoms with van der Waals surface area (Å²) in [4.78, 5) is 0. The molecule has 0 saturated carbocycles. The number of rotatable bonds is 2. The van der Waals surface area contributed by atoms with Crippen LogP contribution in [0.15, 0.2) is 127 Å². The van der Waals surface area contributed by atoms with Gasteiger partial charge in [-0.05, 0) is 77.8 Å². The van der Waals surface area contributed by atoms with E-state index in [0.29, 0.717) is 0 Å². The molecule has 0 bridgehead atoms. The van der Waals surface area contributed by atoms with Gasteiger partial charge in [-0.3, -0.25) is 0 Å². The van der Waals surface area contributed by atoms with E-state index in [2.05, 4.69) is 150 Å². The Morgan fingerprint density at radius 1 is 0.591 bits per heavy atom. The minimum atomic E-state index is 0.107. The summed E-state index contributed by atoms with van der Waals surface area (Å²) >= 11 is 0. The Labute approximate surface area is 255 Å². The Morgan fingerprint density at radius 2 is 1.27 bits per heavy atom. The quantitative estimate of drug-likeness (QED) is 0.196. The average molecular weight is 562 g/mol. The van der Waals surface area contributed by atoms with Crippen molar-refractivity contribution >= 4 is 55.8 Å². The molecule has 2 aliphatic rings. The molecule has 0 saturated heterocycles. The van der Waals surface area contributed by atoms with Crippen molar-refractivity contribution in [2.75, 3.05) is 0 Å². The fraction of sp³-hybridized carbons (Fsp3) is 0.0500. The molecule has 206 valence electrons. The smallest absolute Gasteiger partial charge is 0.256 e. The van der Waals surface area contributed by atoms with Crippen molar-refractivity contribution in [3.8, 4) is 34.0 Å². The molecule has 4 heterocycles. The summed E-state index contributed by atoms with van der Waals surface area (Å²) in [6.07, 6.45) is 0. The zero-order valence-corrected chi connectivity index (χ0v) is 24.5. The molecule has 0 fully saturated rings. The van der Waals surface area contributed by atoms with Crippen molar-refractivity contribution in [2.24, 2.45) is 0 Å². The van der Waals surface area contributed by atoms with Crippen LogP contribution in [0, 0.1) is 13.8 Å². The van der Waals surface area contributed by atoms with Crippen LogP contribution < -0.4 is 21.1 Å². The summed E-state index contributed by atoms with van der Waals surface area (Å²) in [7, 11) is 0. The van der Waals surface area contributed by atoms with E-state index in [1.165, 1.54) is 66.0 Å². The van der Waals surface area contributed by atoms with Gasteiger partial charge in [-0.1, -0.05) is 91.0 Å². The van der Waals surface area contributed by atoms with E-state index < -0.39 is 0 Å². The van der Waals surface area contributed by atoms with Gasteiger partial charge in [0.25, 0.3) is 6.71 Å². The third-order valence-corrected chi connectivity index (χ3v) is 10.0. The van der Waals surface area contributed by atoms with Crippen molar-refractivity contribution in [3.63, 3.8) is 0 Å². The Balaban J connectivity index is 1.21. The molecule has 6 aromatic carbocycles. The molecule has 4 heteroatoms. The van der Waals surface area contributed by atoms with E-state index in [9.17, 15) is 0 Å². The van der Waals surface area contributed by atoms with Crippen molar-refractivity contribution in [1.82, 2.24) is 9.13 Å². The van der Waals surface area contributed by atoms with Crippen molar-refractivity contribution < 1.29 is 4.74 Å². The summed E-state index contributed by atoms with van der Waals surface area (Å²) in [6.45, 7) is 4.59. The zero-order chi connectivity index (χ0) is 29.1. The molecule has 0 unspecified atom stereocenters. The lowest BCUT2D eigenvalue weighted by molar-refractivity contribution is 0.489. The fourth-order valence-corrected chi connectivity index (χ4v) is 8.01. The topological polar surface area (TPSA) is 19.1 Å². The van der Waals surface area contributed by atoms with Crippen molar-refractivity contribution in [1.29, 1.82) is 0 Å². The highest BCUT2D eigenvalue weighted by atomic mass is 16.5. The Morgan fingerprint density at radius 3 is 2.09 bits per heavy atom. The van der Waals surface area contributed by atoms with Crippen LogP contribution in [0.25, 0.3) is 55.2 Å². The molecule has 44 heavy (non-hydrogen) atoms. The second-order valence-corrected chi connectivity index (χ2v) is 12.2. The van der Waals surface area contributed by atoms with Crippen LogP contribution in [0.4, 0.5) is 0 Å². The number of aromatic nitrogens is 2. The van der Waals surface area contributed by atoms with Gasteiger partial charge >= 0.3 is 0 Å². The molecule has 3 nitrogen and oxygen atoms in total. The van der Waals surface area contributed by atoms with E-state index >= 15 is 0 Å². The first kappa shape index (κ1) is 24.0. The largest absolute Gasteiger partial charge is 0.458 e. The molecular formula is C40H27BN2O. The molecule has 10 rings (SSSR count). The molecule has 8 aromatic rings. The third-order valence-electron chi connectivity index (χ3n) is 10.0. The monoisotopic (exact) mass is 562 g/mol. The van der Waals surface area contributed by atoms with Gasteiger partial charge in [0.05, 0.1) is 11.0 Å². The van der Waals surface area contributed by atoms with Crippen molar-refractivity contribution in [2.45, 2.75) is 13.8 Å². The number of nitrogens with zero attached hydrogens (tertiary/aromatic N) is 2. The van der Waals surface area contributed by atoms with Crippen LogP contribution in [0.5, 0.6) is 11.5 Å². The number of hydrogen-bond donors (Lipinski definition) is 0. The van der Waals surface area contributed by atoms with Crippen LogP contribution >= 0.6 is 0 Å². The number of benzene rings is 6. The number of aryl methyl sites for hydroxylation is 1. The zero-order valence-electron chi connectivity index (χ0n) is 24.5. The van der Waals surface area contributed by atoms with Crippen LogP contribution in [-0.2, 0) is 0 Å². The number of para-hydroxylation sites is 4. The molecule has 2 aliphatic heterocycles. The van der Waals surface area contributed by atoms with E-state index in [-0.39, 0.29) is 6.71 Å². The predicted molar refractivity (Wildman–Crippen MR) is 184 cm³/mol. The average Bonchev–Trinajstić information content (AvgIpc) is 3.54. The normalized spacial score (nSPS) is 12.9. The lowest BCUT2D eigenvalue weighted by atomic mass is 9.34. The molecule has 0 spiro atoms. The number of fused-ring (bicyclic) bond motifs is 7. The van der Waals surface area contributed by atoms with Gasteiger partial charge in [-0.2, -0.15) is 0 Å². The van der Waals surface area contributed by atoms with E-state index in [1.807, 2.05) is 0 Å². The summed E-state index contributed by atoms with van der Waals surface area (Å²) in [5.41, 5.74) is 14.8. The van der Waals surface area contributed by atoms with E-state index in [4.69, 9.17) is 4.74 Å². The highest BCUT2D eigenvalue weighted by Gasteiger charge is 2.40. The first-order chi connectivity index (χ1) is 21.7. The molecular weight excluding hydrogens is 535 g/mol. The molecule has 0 aliphatic carbocycles. The summed E-state index contributed by atoms with van der Waals surface area (Å²) in [5.74, 6) is 1.89. The first-order valence-corrected chi connectivity index (χ1v) is 15.3. The van der Waals surface area contributed by atoms with Gasteiger partial charge < -0.3 is 13.9 Å². The van der Waals surface area contributed by atoms with Crippen LogP contribution in [0.2, 0.25) is 0 Å². The fourth-order valence-electron chi connectivity index (χ4n) is 8.01. The number of ether oxygens (including phenoxy) is 1. The molecule has 2 aromatic heterocycles. The SMILES string of the molecule is Cc1c(C)n2c3c(cccc13)B1c3cccc(-c4cccc(-n5c6ccccc6c6ccccc65)c4)c3Oc3cccc-2c31. The van der Waals surface area contributed by atoms with E-state index in [1.54, 1.807) is 0 Å². The maximum Gasteiger partial charge on any atom is 0.256 e. The number of hydrogen-bond acceptors (Lipinski definition) is 1. The van der Waals surface area contributed by atoms with Gasteiger partial charge in [0, 0.05) is 44.3 Å². The van der Waals surface area contributed by atoms with Gasteiger partial charge in [0.1, 0.15) is 11.5 Å². The van der Waals surface area contributed by atoms with Gasteiger partial charge in [-0.25, -0.2) is 0 Å². The first-order valence-electron chi connectivity index (χ1n) is 15.3. The molecule has 0 N–H and O–H groups in total. The highest BCUT2D eigenvalue weighted by Crippen LogP contribution is 2.40. The van der Waals surface area contributed by atoms with Crippen molar-refractivity contribution in [3.05, 3.63) is 139 Å². The van der Waals surface area contributed by atoms with Crippen LogP contribution in [0.1, 0.15) is 11.3 Å².